The molecule has 2 heterocycles. The van der Waals surface area contributed by atoms with Gasteiger partial charge in [-0.05, 0) is 24.1 Å². The van der Waals surface area contributed by atoms with Crippen LogP contribution in [0.2, 0.25) is 0 Å². The number of nitrogens with one attached hydrogen (secondary N) is 1. The lowest BCUT2D eigenvalue weighted by Gasteiger charge is -2.24. The molecule has 0 radical (unpaired) electrons. The number of amides is 2. The number of aromatic nitrogens is 1. The van der Waals surface area contributed by atoms with E-state index in [-0.39, 0.29) is 6.03 Å². The molecule has 2 aromatic carbocycles. The van der Waals surface area contributed by atoms with E-state index in [1.807, 2.05) is 54.3 Å². The summed E-state index contributed by atoms with van der Waals surface area (Å²) in [4.78, 5) is 21.0. The number of benzene rings is 2. The predicted octanol–water partition coefficient (Wildman–Crippen LogP) is 4.08. The molecule has 3 aromatic rings. The Labute approximate surface area is 182 Å². The van der Waals surface area contributed by atoms with Gasteiger partial charge in [-0.15, -0.1) is 0 Å². The molecule has 1 fully saturated rings. The van der Waals surface area contributed by atoms with Gasteiger partial charge in [0.25, 0.3) is 0 Å². The third-order valence-electron chi connectivity index (χ3n) is 5.51. The van der Waals surface area contributed by atoms with E-state index in [4.69, 9.17) is 9.15 Å². The zero-order valence-corrected chi connectivity index (χ0v) is 18.0. The third-order valence-corrected chi connectivity index (χ3v) is 5.51. The van der Waals surface area contributed by atoms with Crippen LogP contribution in [0.25, 0.3) is 11.3 Å². The molecule has 1 aliphatic rings. The van der Waals surface area contributed by atoms with Crippen molar-refractivity contribution in [1.82, 2.24) is 15.2 Å². The van der Waals surface area contributed by atoms with Gasteiger partial charge in [-0.1, -0.05) is 30.3 Å². The van der Waals surface area contributed by atoms with Crippen molar-refractivity contribution in [1.29, 1.82) is 0 Å². The predicted molar refractivity (Wildman–Crippen MR) is 120 cm³/mol. The maximum absolute atomic E-state index is 12.6. The van der Waals surface area contributed by atoms with Gasteiger partial charge in [0, 0.05) is 51.4 Å². The Balaban J connectivity index is 1.39. The third kappa shape index (κ3) is 4.99. The molecule has 0 unspecified atom stereocenters. The number of oxazole rings is 1. The van der Waals surface area contributed by atoms with Crippen molar-refractivity contribution >= 4 is 11.7 Å². The van der Waals surface area contributed by atoms with E-state index in [0.717, 1.165) is 48.6 Å². The van der Waals surface area contributed by atoms with Crippen molar-refractivity contribution in [2.24, 2.45) is 0 Å². The number of carbonyl (C=O) groups excluding carboxylic acids is 1. The summed E-state index contributed by atoms with van der Waals surface area (Å²) in [5.74, 6) is 2.06. The normalized spacial score (nSPS) is 14.3. The monoisotopic (exact) mass is 420 g/mol. The van der Waals surface area contributed by atoms with E-state index < -0.39 is 0 Å². The van der Waals surface area contributed by atoms with Gasteiger partial charge < -0.3 is 24.3 Å². The lowest BCUT2D eigenvalue weighted by atomic mass is 10.1. The highest BCUT2D eigenvalue weighted by molar-refractivity contribution is 5.74. The van der Waals surface area contributed by atoms with E-state index >= 15 is 0 Å². The number of hydrogen-bond donors (Lipinski definition) is 1. The number of urea groups is 1. The fourth-order valence-corrected chi connectivity index (χ4v) is 3.83. The fraction of sp³-hybridized carbons (Fsp3) is 0.333. The van der Waals surface area contributed by atoms with Crippen LogP contribution in [0.3, 0.4) is 0 Å². The Hall–Kier alpha value is -3.48. The lowest BCUT2D eigenvalue weighted by molar-refractivity contribution is 0.201. The summed E-state index contributed by atoms with van der Waals surface area (Å²) < 4.78 is 11.3. The summed E-state index contributed by atoms with van der Waals surface area (Å²) in [5.41, 5.74) is 3.05. The van der Waals surface area contributed by atoms with Crippen molar-refractivity contribution in [2.45, 2.75) is 19.9 Å². The van der Waals surface area contributed by atoms with Crippen LogP contribution in [0.1, 0.15) is 17.9 Å². The van der Waals surface area contributed by atoms with Gasteiger partial charge in [-0.3, -0.25) is 0 Å². The number of nitrogens with zero attached hydrogens (tertiary/aromatic N) is 3. The number of ether oxygens (including phenoxy) is 1. The molecule has 4 rings (SSSR count). The van der Waals surface area contributed by atoms with Crippen LogP contribution in [-0.2, 0) is 6.54 Å². The minimum absolute atomic E-state index is 0.0145. The van der Waals surface area contributed by atoms with Crippen LogP contribution in [0.4, 0.5) is 10.5 Å². The average Bonchev–Trinajstić information content (AvgIpc) is 3.08. The van der Waals surface area contributed by atoms with E-state index in [1.165, 1.54) is 0 Å². The van der Waals surface area contributed by atoms with Crippen LogP contribution in [0, 0.1) is 6.92 Å². The molecule has 0 saturated carbocycles. The maximum Gasteiger partial charge on any atom is 0.317 e. The Morgan fingerprint density at radius 3 is 2.71 bits per heavy atom. The van der Waals surface area contributed by atoms with Crippen molar-refractivity contribution in [3.05, 3.63) is 66.2 Å². The average molecular weight is 421 g/mol. The van der Waals surface area contributed by atoms with E-state index in [2.05, 4.69) is 21.3 Å². The highest BCUT2D eigenvalue weighted by Crippen LogP contribution is 2.34. The number of anilines is 1. The Bertz CT molecular complexity index is 1020. The van der Waals surface area contributed by atoms with Gasteiger partial charge in [0.15, 0.2) is 11.7 Å². The molecule has 0 spiro atoms. The first-order chi connectivity index (χ1) is 15.1. The number of methoxy groups -OCH3 is 1. The topological polar surface area (TPSA) is 70.8 Å². The van der Waals surface area contributed by atoms with Crippen molar-refractivity contribution in [3.8, 4) is 17.1 Å². The SMILES string of the molecule is COc1cc(N2CCCN(C(=O)NCc3ccccc3)CC2)ccc1-c1cnc(C)o1. The summed E-state index contributed by atoms with van der Waals surface area (Å²) in [6, 6.07) is 16.1. The summed E-state index contributed by atoms with van der Waals surface area (Å²) >= 11 is 0. The zero-order valence-electron chi connectivity index (χ0n) is 18.0. The first kappa shape index (κ1) is 20.8. The molecule has 0 aliphatic carbocycles. The molecular weight excluding hydrogens is 392 g/mol. The van der Waals surface area contributed by atoms with Crippen molar-refractivity contribution in [3.63, 3.8) is 0 Å². The molecular formula is C24H28N4O3. The van der Waals surface area contributed by atoms with Gasteiger partial charge >= 0.3 is 6.03 Å². The fourth-order valence-electron chi connectivity index (χ4n) is 3.83. The van der Waals surface area contributed by atoms with Crippen LogP contribution in [0.5, 0.6) is 5.75 Å². The molecule has 2 amide bonds. The Morgan fingerprint density at radius 1 is 1.13 bits per heavy atom. The van der Waals surface area contributed by atoms with Crippen molar-refractivity contribution in [2.75, 3.05) is 38.2 Å². The summed E-state index contributed by atoms with van der Waals surface area (Å²) in [6.07, 6.45) is 2.62. The molecule has 1 N–H and O–H groups in total. The van der Waals surface area contributed by atoms with E-state index in [9.17, 15) is 4.79 Å². The maximum atomic E-state index is 12.6. The highest BCUT2D eigenvalue weighted by Gasteiger charge is 2.20. The first-order valence-electron chi connectivity index (χ1n) is 10.6. The number of carbonyl (C=O) groups is 1. The quantitative estimate of drug-likeness (QED) is 0.673. The van der Waals surface area contributed by atoms with Gasteiger partial charge in [0.1, 0.15) is 5.75 Å². The molecule has 1 saturated heterocycles. The van der Waals surface area contributed by atoms with Crippen LogP contribution >= 0.6 is 0 Å². The second-order valence-corrected chi connectivity index (χ2v) is 7.60. The standard InChI is InChI=1S/C24H28N4O3/c1-18-25-17-23(31-18)21-10-9-20(15-22(21)30-2)27-11-6-12-28(14-13-27)24(29)26-16-19-7-4-3-5-8-19/h3-5,7-10,15,17H,6,11-14,16H2,1-2H3,(H,26,29). The van der Waals surface area contributed by atoms with Crippen LogP contribution in [0.15, 0.2) is 59.1 Å². The van der Waals surface area contributed by atoms with Gasteiger partial charge in [0.2, 0.25) is 0 Å². The zero-order chi connectivity index (χ0) is 21.6. The largest absolute Gasteiger partial charge is 0.496 e. The van der Waals surface area contributed by atoms with Crippen molar-refractivity contribution < 1.29 is 13.9 Å². The smallest absolute Gasteiger partial charge is 0.317 e. The molecule has 0 atom stereocenters. The molecule has 0 bridgehead atoms. The molecule has 1 aromatic heterocycles. The second kappa shape index (κ2) is 9.55. The first-order valence-corrected chi connectivity index (χ1v) is 10.6. The second-order valence-electron chi connectivity index (χ2n) is 7.60. The van der Waals surface area contributed by atoms with Crippen LogP contribution in [-0.4, -0.2) is 49.2 Å². The van der Waals surface area contributed by atoms with Gasteiger partial charge in [-0.2, -0.15) is 0 Å². The Morgan fingerprint density at radius 2 is 1.97 bits per heavy atom. The van der Waals surface area contributed by atoms with Gasteiger partial charge in [0.05, 0.1) is 18.9 Å². The summed E-state index contributed by atoms with van der Waals surface area (Å²) in [6.45, 7) is 5.42. The highest BCUT2D eigenvalue weighted by atomic mass is 16.5. The molecule has 7 nitrogen and oxygen atoms in total. The van der Waals surface area contributed by atoms with E-state index in [0.29, 0.717) is 24.7 Å². The van der Waals surface area contributed by atoms with Gasteiger partial charge in [-0.25, -0.2) is 9.78 Å². The number of rotatable bonds is 5. The molecule has 31 heavy (non-hydrogen) atoms. The Kier molecular flexibility index (Phi) is 6.40. The van der Waals surface area contributed by atoms with E-state index in [1.54, 1.807) is 13.3 Å². The number of aryl methyl sites for hydroxylation is 1. The molecule has 1 aliphatic heterocycles. The minimum atomic E-state index is -0.0145. The minimum Gasteiger partial charge on any atom is -0.496 e. The molecule has 162 valence electrons. The lowest BCUT2D eigenvalue weighted by Crippen LogP contribution is -2.41. The molecule has 7 heteroatoms. The summed E-state index contributed by atoms with van der Waals surface area (Å²) in [7, 11) is 1.66. The van der Waals surface area contributed by atoms with Crippen LogP contribution < -0.4 is 15.0 Å². The summed E-state index contributed by atoms with van der Waals surface area (Å²) in [5, 5.41) is 3.03. The number of hydrogen-bond acceptors (Lipinski definition) is 5.